The molecule has 3 aromatic rings. The number of hydrogen-bond donors (Lipinski definition) is 0. The zero-order valence-corrected chi connectivity index (χ0v) is 14.2. The summed E-state index contributed by atoms with van der Waals surface area (Å²) in [6, 6.07) is 16.0. The summed E-state index contributed by atoms with van der Waals surface area (Å²) in [5, 5.41) is 2.28. The molecule has 120 valence electrons. The molecule has 0 atom stereocenters. The van der Waals surface area contributed by atoms with Crippen molar-refractivity contribution in [1.82, 2.24) is 4.98 Å². The fraction of sp³-hybridized carbons (Fsp3) is 0.250. The standard InChI is InChI=1S/C17H15NO2.C3H8/c1-19-14-9-13(10-15(11-14)20-2)17-16-6-4-3-5-12(16)7-8-18-17;1-3-2/h3-11H,1-2H3;3H2,1-2H3. The molecular weight excluding hydrogens is 286 g/mol. The maximum atomic E-state index is 5.32. The Bertz CT molecular complexity index is 741. The van der Waals surface area contributed by atoms with Crippen LogP contribution in [0.3, 0.4) is 0 Å². The predicted molar refractivity (Wildman–Crippen MR) is 96.2 cm³/mol. The number of hydrogen-bond acceptors (Lipinski definition) is 3. The van der Waals surface area contributed by atoms with Crippen molar-refractivity contribution in [2.24, 2.45) is 0 Å². The lowest BCUT2D eigenvalue weighted by Crippen LogP contribution is -1.91. The normalized spacial score (nSPS) is 9.91. The van der Waals surface area contributed by atoms with Crippen molar-refractivity contribution in [3.05, 3.63) is 54.7 Å². The molecular formula is C20H23NO2. The number of aromatic nitrogens is 1. The van der Waals surface area contributed by atoms with E-state index in [9.17, 15) is 0 Å². The molecule has 0 aliphatic rings. The topological polar surface area (TPSA) is 31.4 Å². The molecule has 0 bridgehead atoms. The summed E-state index contributed by atoms with van der Waals surface area (Å²) in [6.45, 7) is 4.25. The molecule has 0 aliphatic heterocycles. The molecule has 0 unspecified atom stereocenters. The number of ether oxygens (including phenoxy) is 2. The largest absolute Gasteiger partial charge is 0.497 e. The van der Waals surface area contributed by atoms with Crippen LogP contribution in [-0.2, 0) is 0 Å². The van der Waals surface area contributed by atoms with Gasteiger partial charge in [0.05, 0.1) is 19.9 Å². The average molecular weight is 309 g/mol. The lowest BCUT2D eigenvalue weighted by atomic mass is 10.0. The van der Waals surface area contributed by atoms with Crippen LogP contribution in [0.4, 0.5) is 0 Å². The highest BCUT2D eigenvalue weighted by molar-refractivity contribution is 5.94. The highest BCUT2D eigenvalue weighted by Crippen LogP contribution is 2.32. The summed E-state index contributed by atoms with van der Waals surface area (Å²) in [7, 11) is 3.30. The van der Waals surface area contributed by atoms with Crippen LogP contribution < -0.4 is 9.47 Å². The van der Waals surface area contributed by atoms with Gasteiger partial charge in [-0.1, -0.05) is 44.5 Å². The zero-order chi connectivity index (χ0) is 16.7. The molecule has 0 fully saturated rings. The maximum absolute atomic E-state index is 5.32. The molecule has 1 heterocycles. The number of pyridine rings is 1. The Hall–Kier alpha value is -2.55. The second-order valence-corrected chi connectivity index (χ2v) is 5.19. The first-order valence-corrected chi connectivity index (χ1v) is 7.80. The van der Waals surface area contributed by atoms with E-state index in [2.05, 4.69) is 31.0 Å². The summed E-state index contributed by atoms with van der Waals surface area (Å²) in [5.74, 6) is 1.52. The molecule has 3 nitrogen and oxygen atoms in total. The van der Waals surface area contributed by atoms with Gasteiger partial charge < -0.3 is 9.47 Å². The average Bonchev–Trinajstić information content (AvgIpc) is 2.61. The van der Waals surface area contributed by atoms with Crippen LogP contribution in [-0.4, -0.2) is 19.2 Å². The van der Waals surface area contributed by atoms with E-state index in [0.717, 1.165) is 28.1 Å². The van der Waals surface area contributed by atoms with Crippen LogP contribution in [0, 0.1) is 0 Å². The van der Waals surface area contributed by atoms with Gasteiger partial charge in [0.15, 0.2) is 0 Å². The van der Waals surface area contributed by atoms with Gasteiger partial charge in [0.1, 0.15) is 11.5 Å². The van der Waals surface area contributed by atoms with E-state index in [1.807, 2.05) is 42.6 Å². The molecule has 0 radical (unpaired) electrons. The van der Waals surface area contributed by atoms with Crippen molar-refractivity contribution in [3.63, 3.8) is 0 Å². The minimum Gasteiger partial charge on any atom is -0.497 e. The molecule has 0 N–H and O–H groups in total. The first kappa shape index (κ1) is 16.8. The third-order valence-electron chi connectivity index (χ3n) is 3.30. The van der Waals surface area contributed by atoms with Gasteiger partial charge in [-0.25, -0.2) is 0 Å². The van der Waals surface area contributed by atoms with E-state index in [4.69, 9.17) is 9.47 Å². The van der Waals surface area contributed by atoms with E-state index in [-0.39, 0.29) is 0 Å². The van der Waals surface area contributed by atoms with Gasteiger partial charge in [-0.15, -0.1) is 0 Å². The van der Waals surface area contributed by atoms with Crippen molar-refractivity contribution < 1.29 is 9.47 Å². The second-order valence-electron chi connectivity index (χ2n) is 5.19. The van der Waals surface area contributed by atoms with Crippen LogP contribution in [0.15, 0.2) is 54.7 Å². The number of nitrogens with zero attached hydrogens (tertiary/aromatic N) is 1. The molecule has 3 heteroatoms. The highest BCUT2D eigenvalue weighted by atomic mass is 16.5. The van der Waals surface area contributed by atoms with Gasteiger partial charge in [-0.05, 0) is 23.6 Å². The monoisotopic (exact) mass is 309 g/mol. The molecule has 3 rings (SSSR count). The fourth-order valence-corrected chi connectivity index (χ4v) is 2.29. The van der Waals surface area contributed by atoms with Gasteiger partial charge in [-0.2, -0.15) is 0 Å². The summed E-state index contributed by atoms with van der Waals surface area (Å²) in [5.41, 5.74) is 1.92. The Kier molecular flexibility index (Phi) is 5.98. The van der Waals surface area contributed by atoms with Crippen LogP contribution in [0.25, 0.3) is 22.0 Å². The Morgan fingerprint density at radius 1 is 0.870 bits per heavy atom. The lowest BCUT2D eigenvalue weighted by Gasteiger charge is -2.10. The van der Waals surface area contributed by atoms with E-state index in [1.165, 1.54) is 11.8 Å². The number of methoxy groups -OCH3 is 2. The summed E-state index contributed by atoms with van der Waals surface area (Å²) in [6.07, 6.45) is 3.07. The molecule has 0 saturated carbocycles. The summed E-state index contributed by atoms with van der Waals surface area (Å²) < 4.78 is 10.6. The minimum absolute atomic E-state index is 0.758. The Morgan fingerprint density at radius 2 is 1.48 bits per heavy atom. The van der Waals surface area contributed by atoms with E-state index in [1.54, 1.807) is 14.2 Å². The Morgan fingerprint density at radius 3 is 2.09 bits per heavy atom. The van der Waals surface area contributed by atoms with Gasteiger partial charge in [-0.3, -0.25) is 4.98 Å². The maximum Gasteiger partial charge on any atom is 0.123 e. The first-order chi connectivity index (χ1) is 11.2. The van der Waals surface area contributed by atoms with Gasteiger partial charge in [0.2, 0.25) is 0 Å². The van der Waals surface area contributed by atoms with Gasteiger partial charge >= 0.3 is 0 Å². The van der Waals surface area contributed by atoms with E-state index >= 15 is 0 Å². The summed E-state index contributed by atoms with van der Waals surface area (Å²) >= 11 is 0. The summed E-state index contributed by atoms with van der Waals surface area (Å²) in [4.78, 5) is 4.52. The smallest absolute Gasteiger partial charge is 0.123 e. The molecule has 0 amide bonds. The number of benzene rings is 2. The van der Waals surface area contributed by atoms with Crippen molar-refractivity contribution in [2.75, 3.05) is 14.2 Å². The van der Waals surface area contributed by atoms with Crippen LogP contribution >= 0.6 is 0 Å². The highest BCUT2D eigenvalue weighted by Gasteiger charge is 2.08. The van der Waals surface area contributed by atoms with E-state index in [0.29, 0.717) is 0 Å². The predicted octanol–water partition coefficient (Wildman–Crippen LogP) is 5.34. The molecule has 23 heavy (non-hydrogen) atoms. The number of rotatable bonds is 3. The van der Waals surface area contributed by atoms with Crippen LogP contribution in [0.2, 0.25) is 0 Å². The van der Waals surface area contributed by atoms with Crippen LogP contribution in [0.5, 0.6) is 11.5 Å². The SMILES string of the molecule is CCC.COc1cc(OC)cc(-c2nccc3ccccc23)c1. The molecule has 0 spiro atoms. The molecule has 0 aliphatic carbocycles. The minimum atomic E-state index is 0.758. The third kappa shape index (κ3) is 4.01. The van der Waals surface area contributed by atoms with Crippen molar-refractivity contribution in [1.29, 1.82) is 0 Å². The first-order valence-electron chi connectivity index (χ1n) is 7.80. The van der Waals surface area contributed by atoms with E-state index < -0.39 is 0 Å². The van der Waals surface area contributed by atoms with Gasteiger partial charge in [0.25, 0.3) is 0 Å². The molecule has 1 aromatic heterocycles. The van der Waals surface area contributed by atoms with Crippen molar-refractivity contribution in [3.8, 4) is 22.8 Å². The Balaban J connectivity index is 0.000000595. The van der Waals surface area contributed by atoms with Gasteiger partial charge in [0, 0.05) is 23.2 Å². The molecule has 0 saturated heterocycles. The Labute approximate surface area is 137 Å². The number of fused-ring (bicyclic) bond motifs is 1. The third-order valence-corrected chi connectivity index (χ3v) is 3.30. The second kappa shape index (κ2) is 8.18. The van der Waals surface area contributed by atoms with Crippen molar-refractivity contribution in [2.45, 2.75) is 20.3 Å². The lowest BCUT2D eigenvalue weighted by molar-refractivity contribution is 0.394. The van der Waals surface area contributed by atoms with Crippen LogP contribution in [0.1, 0.15) is 20.3 Å². The molecule has 2 aromatic carbocycles. The van der Waals surface area contributed by atoms with Crippen molar-refractivity contribution >= 4 is 10.8 Å². The zero-order valence-electron chi connectivity index (χ0n) is 14.2. The quantitative estimate of drug-likeness (QED) is 0.655. The fourth-order valence-electron chi connectivity index (χ4n) is 2.29.